The molecule has 7 nitrogen and oxygen atoms in total. The third-order valence-electron chi connectivity index (χ3n) is 4.56. The molecule has 1 aliphatic heterocycles. The molecule has 0 spiro atoms. The summed E-state index contributed by atoms with van der Waals surface area (Å²) in [7, 11) is -3.66. The summed E-state index contributed by atoms with van der Waals surface area (Å²) in [5.74, 6) is -1.23. The van der Waals surface area contributed by atoms with Crippen molar-refractivity contribution in [2.75, 3.05) is 16.2 Å². The molecule has 2 N–H and O–H groups in total. The van der Waals surface area contributed by atoms with Crippen molar-refractivity contribution in [3.8, 4) is 0 Å². The van der Waals surface area contributed by atoms with E-state index in [0.29, 0.717) is 30.6 Å². The Morgan fingerprint density at radius 3 is 2.50 bits per heavy atom. The van der Waals surface area contributed by atoms with Crippen LogP contribution in [0.5, 0.6) is 0 Å². The number of carbonyl (C=O) groups excluding carboxylic acids is 1. The lowest BCUT2D eigenvalue weighted by Crippen LogP contribution is -2.35. The second kappa shape index (κ2) is 8.02. The molecule has 0 fully saturated rings. The molecule has 2 aromatic carbocycles. The van der Waals surface area contributed by atoms with E-state index in [9.17, 15) is 18.0 Å². The van der Waals surface area contributed by atoms with Crippen LogP contribution in [-0.2, 0) is 27.0 Å². The van der Waals surface area contributed by atoms with Gasteiger partial charge in [-0.3, -0.25) is 9.52 Å². The summed E-state index contributed by atoms with van der Waals surface area (Å²) < 4.78 is 27.5. The maximum Gasteiger partial charge on any atom is 0.335 e. The lowest BCUT2D eigenvalue weighted by Gasteiger charge is -2.29. The second-order valence-corrected chi connectivity index (χ2v) is 8.47. The van der Waals surface area contributed by atoms with Gasteiger partial charge in [-0.05, 0) is 54.3 Å². The van der Waals surface area contributed by atoms with Crippen molar-refractivity contribution in [3.05, 3.63) is 59.2 Å². The van der Waals surface area contributed by atoms with Crippen LogP contribution >= 0.6 is 0 Å². The fourth-order valence-electron chi connectivity index (χ4n) is 3.27. The lowest BCUT2D eigenvalue weighted by atomic mass is 10.0. The normalized spacial score (nSPS) is 13.9. The van der Waals surface area contributed by atoms with Crippen LogP contribution in [0.4, 0.5) is 11.4 Å². The first kappa shape index (κ1) is 19.9. The molecule has 0 aromatic heterocycles. The Hall–Kier alpha value is -2.87. The summed E-state index contributed by atoms with van der Waals surface area (Å²) in [5, 5.41) is 8.91. The SMILES string of the molecule is CCCN1C(=O)CCc2cc(NS(=O)(=O)Cc3ccc(C(=O)O)cc3)ccc21. The number of fused-ring (bicyclic) bond motifs is 1. The molecule has 0 unspecified atom stereocenters. The average Bonchev–Trinajstić information content (AvgIpc) is 2.64. The highest BCUT2D eigenvalue weighted by Crippen LogP contribution is 2.31. The smallest absolute Gasteiger partial charge is 0.335 e. The predicted octanol–water partition coefficient (Wildman–Crippen LogP) is 3.02. The average molecular weight is 402 g/mol. The third-order valence-corrected chi connectivity index (χ3v) is 5.82. The van der Waals surface area contributed by atoms with Gasteiger partial charge in [0.25, 0.3) is 0 Å². The van der Waals surface area contributed by atoms with Crippen molar-refractivity contribution in [1.29, 1.82) is 0 Å². The number of amides is 1. The van der Waals surface area contributed by atoms with Gasteiger partial charge in [-0.15, -0.1) is 0 Å². The first-order valence-electron chi connectivity index (χ1n) is 9.05. The van der Waals surface area contributed by atoms with Crippen LogP contribution in [0, 0.1) is 0 Å². The molecule has 0 aliphatic carbocycles. The van der Waals surface area contributed by atoms with E-state index in [0.717, 1.165) is 17.7 Å². The highest BCUT2D eigenvalue weighted by Gasteiger charge is 2.24. The van der Waals surface area contributed by atoms with Crippen LogP contribution in [-0.4, -0.2) is 31.9 Å². The van der Waals surface area contributed by atoms with Gasteiger partial charge in [-0.2, -0.15) is 0 Å². The molecule has 0 bridgehead atoms. The number of benzene rings is 2. The minimum absolute atomic E-state index is 0.0903. The molecule has 0 radical (unpaired) electrons. The molecule has 1 amide bonds. The van der Waals surface area contributed by atoms with E-state index in [4.69, 9.17) is 5.11 Å². The van der Waals surface area contributed by atoms with Crippen molar-refractivity contribution in [1.82, 2.24) is 0 Å². The maximum atomic E-state index is 12.5. The van der Waals surface area contributed by atoms with E-state index < -0.39 is 16.0 Å². The fourth-order valence-corrected chi connectivity index (χ4v) is 4.46. The summed E-state index contributed by atoms with van der Waals surface area (Å²) in [6.07, 6.45) is 1.85. The van der Waals surface area contributed by atoms with Crippen LogP contribution in [0.25, 0.3) is 0 Å². The molecule has 8 heteroatoms. The van der Waals surface area contributed by atoms with Crippen molar-refractivity contribution < 1.29 is 23.1 Å². The Balaban J connectivity index is 1.75. The van der Waals surface area contributed by atoms with Gasteiger partial charge in [-0.1, -0.05) is 19.1 Å². The van der Waals surface area contributed by atoms with Crippen molar-refractivity contribution in [2.24, 2.45) is 0 Å². The quantitative estimate of drug-likeness (QED) is 0.741. The molecule has 0 saturated carbocycles. The summed E-state index contributed by atoms with van der Waals surface area (Å²) in [5.41, 5.74) is 2.83. The molecule has 0 saturated heterocycles. The van der Waals surface area contributed by atoms with Crippen molar-refractivity contribution in [2.45, 2.75) is 31.9 Å². The Morgan fingerprint density at radius 2 is 1.86 bits per heavy atom. The minimum atomic E-state index is -3.66. The Labute approximate surface area is 164 Å². The second-order valence-electron chi connectivity index (χ2n) is 6.75. The first-order valence-corrected chi connectivity index (χ1v) is 10.7. The van der Waals surface area contributed by atoms with Crippen LogP contribution in [0.15, 0.2) is 42.5 Å². The van der Waals surface area contributed by atoms with Crippen LogP contribution in [0.1, 0.15) is 41.3 Å². The largest absolute Gasteiger partial charge is 0.478 e. The van der Waals surface area contributed by atoms with E-state index in [1.165, 1.54) is 24.3 Å². The molecule has 3 rings (SSSR count). The third kappa shape index (κ3) is 4.51. The summed E-state index contributed by atoms with van der Waals surface area (Å²) in [4.78, 5) is 24.7. The van der Waals surface area contributed by atoms with Gasteiger partial charge in [0, 0.05) is 24.3 Å². The molecule has 28 heavy (non-hydrogen) atoms. The number of rotatable bonds is 7. The highest BCUT2D eigenvalue weighted by molar-refractivity contribution is 7.91. The molecule has 2 aromatic rings. The van der Waals surface area contributed by atoms with Gasteiger partial charge >= 0.3 is 5.97 Å². The summed E-state index contributed by atoms with van der Waals surface area (Å²) in [6, 6.07) is 11.0. The minimum Gasteiger partial charge on any atom is -0.478 e. The topological polar surface area (TPSA) is 104 Å². The number of aryl methyl sites for hydroxylation is 1. The zero-order chi connectivity index (χ0) is 20.3. The van der Waals surface area contributed by atoms with E-state index in [-0.39, 0.29) is 17.2 Å². The molecular formula is C20H22N2O5S. The van der Waals surface area contributed by atoms with E-state index in [2.05, 4.69) is 4.72 Å². The van der Waals surface area contributed by atoms with Crippen molar-refractivity contribution >= 4 is 33.3 Å². The molecule has 148 valence electrons. The van der Waals surface area contributed by atoms with E-state index in [1.54, 1.807) is 23.1 Å². The zero-order valence-electron chi connectivity index (χ0n) is 15.5. The number of anilines is 2. The number of carboxylic acids is 1. The standard InChI is InChI=1S/C20H22N2O5S/c1-2-11-22-18-9-8-17(12-16(18)7-10-19(22)23)21-28(26,27)13-14-3-5-15(6-4-14)20(24)25/h3-6,8-9,12,21H,2,7,10-11,13H2,1H3,(H,24,25). The van der Waals surface area contributed by atoms with E-state index in [1.807, 2.05) is 6.92 Å². The molecule has 1 heterocycles. The first-order chi connectivity index (χ1) is 13.3. The molecule has 0 atom stereocenters. The lowest BCUT2D eigenvalue weighted by molar-refractivity contribution is -0.118. The predicted molar refractivity (Wildman–Crippen MR) is 107 cm³/mol. The number of carboxylic acid groups (broad SMARTS) is 1. The van der Waals surface area contributed by atoms with Gasteiger partial charge in [-0.25, -0.2) is 13.2 Å². The van der Waals surface area contributed by atoms with Gasteiger partial charge in [0.05, 0.1) is 11.3 Å². The number of aromatic carboxylic acids is 1. The number of hydrogen-bond acceptors (Lipinski definition) is 4. The van der Waals surface area contributed by atoms with Gasteiger partial charge in [0.15, 0.2) is 0 Å². The number of nitrogens with one attached hydrogen (secondary N) is 1. The van der Waals surface area contributed by atoms with E-state index >= 15 is 0 Å². The van der Waals surface area contributed by atoms with Gasteiger partial charge in [0.1, 0.15) is 0 Å². The van der Waals surface area contributed by atoms with Crippen LogP contribution < -0.4 is 9.62 Å². The Kier molecular flexibility index (Phi) is 5.69. The Morgan fingerprint density at radius 1 is 1.14 bits per heavy atom. The van der Waals surface area contributed by atoms with Crippen LogP contribution in [0.3, 0.4) is 0 Å². The fraction of sp³-hybridized carbons (Fsp3) is 0.300. The zero-order valence-corrected chi connectivity index (χ0v) is 16.3. The number of hydrogen-bond donors (Lipinski definition) is 2. The summed E-state index contributed by atoms with van der Waals surface area (Å²) >= 11 is 0. The Bertz CT molecular complexity index is 1000. The van der Waals surface area contributed by atoms with Gasteiger partial charge in [0.2, 0.25) is 15.9 Å². The van der Waals surface area contributed by atoms with Crippen LogP contribution in [0.2, 0.25) is 0 Å². The molecular weight excluding hydrogens is 380 g/mol. The van der Waals surface area contributed by atoms with Crippen molar-refractivity contribution in [3.63, 3.8) is 0 Å². The monoisotopic (exact) mass is 402 g/mol. The maximum absolute atomic E-state index is 12.5. The van der Waals surface area contributed by atoms with Gasteiger partial charge < -0.3 is 10.0 Å². The summed E-state index contributed by atoms with van der Waals surface area (Å²) in [6.45, 7) is 2.65. The number of nitrogens with zero attached hydrogens (tertiary/aromatic N) is 1. The highest BCUT2D eigenvalue weighted by atomic mass is 32.2. The molecule has 1 aliphatic rings. The number of carbonyl (C=O) groups is 2. The number of sulfonamides is 1.